The van der Waals surface area contributed by atoms with E-state index in [2.05, 4.69) is 3.83 Å². The topological polar surface area (TPSA) is 9.23 Å². The minimum absolute atomic E-state index is 1.42. The smallest absolute Gasteiger partial charge is 0.235 e. The first-order valence-corrected chi connectivity index (χ1v) is 2.99. The van der Waals surface area contributed by atoms with Crippen molar-refractivity contribution in [3.05, 3.63) is 0 Å². The van der Waals surface area contributed by atoms with Gasteiger partial charge in [0.15, 0.2) is 0 Å². The summed E-state index contributed by atoms with van der Waals surface area (Å²) in [5, 5.41) is 0. The van der Waals surface area contributed by atoms with Gasteiger partial charge >= 0.3 is 10.9 Å². The van der Waals surface area contributed by atoms with Crippen LogP contribution in [0, 0.1) is 0 Å². The summed E-state index contributed by atoms with van der Waals surface area (Å²) in [5.74, 6) is 0. The summed E-state index contributed by atoms with van der Waals surface area (Å²) in [5.41, 5.74) is 0. The average molecular weight is 276 g/mol. The Morgan fingerprint density at radius 1 is 1.11 bits per heavy atom. The van der Waals surface area contributed by atoms with Crippen molar-refractivity contribution in [2.75, 3.05) is 0 Å². The van der Waals surface area contributed by atoms with Gasteiger partial charge in [-0.05, 0) is 0 Å². The minimum atomic E-state index is -4.52. The standard InChI is InChI=1S/C2Br2F4O/c3-1(5,6)2(7,8)9-4. The van der Waals surface area contributed by atoms with Gasteiger partial charge in [-0.1, -0.05) is 0 Å². The summed E-state index contributed by atoms with van der Waals surface area (Å²) in [7, 11) is 0. The van der Waals surface area contributed by atoms with Crippen molar-refractivity contribution in [1.29, 1.82) is 0 Å². The molecule has 0 heterocycles. The molecular weight excluding hydrogens is 276 g/mol. The fourth-order valence-electron chi connectivity index (χ4n) is 0.0437. The minimum Gasteiger partial charge on any atom is -0.235 e. The van der Waals surface area contributed by atoms with Crippen molar-refractivity contribution in [3.63, 3.8) is 0 Å². The molecule has 0 aromatic rings. The predicted molar refractivity (Wildman–Crippen MR) is 28.8 cm³/mol. The molecule has 0 amide bonds. The maximum atomic E-state index is 11.6. The first-order valence-electron chi connectivity index (χ1n) is 1.55. The van der Waals surface area contributed by atoms with E-state index in [0.29, 0.717) is 0 Å². The van der Waals surface area contributed by atoms with Crippen LogP contribution in [0.1, 0.15) is 0 Å². The normalized spacial score (nSPS) is 14.0. The van der Waals surface area contributed by atoms with Crippen LogP contribution >= 0.6 is 32.2 Å². The zero-order valence-electron chi connectivity index (χ0n) is 3.68. The third kappa shape index (κ3) is 2.38. The number of hydrogen-bond donors (Lipinski definition) is 0. The summed E-state index contributed by atoms with van der Waals surface area (Å²) in [6.45, 7) is 0. The molecule has 0 aromatic carbocycles. The molecule has 7 heteroatoms. The van der Waals surface area contributed by atoms with Gasteiger partial charge in [-0.25, -0.2) is 3.83 Å². The molecule has 0 fully saturated rings. The summed E-state index contributed by atoms with van der Waals surface area (Å²) in [6.07, 6.45) is -4.52. The van der Waals surface area contributed by atoms with E-state index in [1.807, 2.05) is 0 Å². The second kappa shape index (κ2) is 2.71. The van der Waals surface area contributed by atoms with Crippen molar-refractivity contribution >= 4 is 32.2 Å². The fraction of sp³-hybridized carbons (Fsp3) is 1.00. The molecule has 0 rings (SSSR count). The lowest BCUT2D eigenvalue weighted by molar-refractivity contribution is -0.255. The molecule has 9 heavy (non-hydrogen) atoms. The second-order valence-electron chi connectivity index (χ2n) is 1.09. The molecule has 0 aliphatic rings. The van der Waals surface area contributed by atoms with Crippen LogP contribution in [0.2, 0.25) is 0 Å². The van der Waals surface area contributed by atoms with Gasteiger partial charge in [-0.3, -0.25) is 0 Å². The Hall–Kier alpha value is 0.640. The van der Waals surface area contributed by atoms with Crippen molar-refractivity contribution in [2.24, 2.45) is 0 Å². The number of halogens is 6. The summed E-state index contributed by atoms with van der Waals surface area (Å²) in [6, 6.07) is 0. The molecule has 0 spiro atoms. The third-order valence-corrected chi connectivity index (χ3v) is 1.30. The zero-order chi connectivity index (χ0) is 7.71. The fourth-order valence-corrected chi connectivity index (χ4v) is 0.545. The molecule has 0 aliphatic heterocycles. The predicted octanol–water partition coefficient (Wildman–Crippen LogP) is 2.89. The number of alkyl halides is 5. The lowest BCUT2D eigenvalue weighted by Crippen LogP contribution is -2.34. The van der Waals surface area contributed by atoms with Gasteiger partial charge in [0.25, 0.3) is 0 Å². The van der Waals surface area contributed by atoms with Gasteiger partial charge in [0.1, 0.15) is 16.3 Å². The van der Waals surface area contributed by atoms with E-state index in [4.69, 9.17) is 0 Å². The van der Waals surface area contributed by atoms with Crippen LogP contribution in [0.5, 0.6) is 0 Å². The lowest BCUT2D eigenvalue weighted by Gasteiger charge is -2.16. The van der Waals surface area contributed by atoms with E-state index in [1.54, 1.807) is 16.3 Å². The summed E-state index contributed by atoms with van der Waals surface area (Å²) in [4.78, 5) is -4.34. The van der Waals surface area contributed by atoms with Crippen LogP contribution < -0.4 is 0 Å². The highest BCUT2D eigenvalue weighted by Gasteiger charge is 2.56. The molecule has 1 nitrogen and oxygen atoms in total. The molecule has 0 N–H and O–H groups in total. The molecule has 0 aromatic heterocycles. The van der Waals surface area contributed by atoms with Gasteiger partial charge in [0, 0.05) is 15.9 Å². The summed E-state index contributed by atoms with van der Waals surface area (Å²) < 4.78 is 49.2. The monoisotopic (exact) mass is 274 g/mol. The van der Waals surface area contributed by atoms with Gasteiger partial charge in [0.05, 0.1) is 0 Å². The van der Waals surface area contributed by atoms with E-state index in [0.717, 1.165) is 0 Å². The van der Waals surface area contributed by atoms with E-state index in [-0.39, 0.29) is 0 Å². The molecule has 0 bridgehead atoms. The molecule has 56 valence electrons. The Kier molecular flexibility index (Phi) is 2.90. The second-order valence-corrected chi connectivity index (χ2v) is 2.41. The van der Waals surface area contributed by atoms with Crippen molar-refractivity contribution in [2.45, 2.75) is 10.9 Å². The molecule has 0 saturated carbocycles. The molecule has 0 atom stereocenters. The quantitative estimate of drug-likeness (QED) is 0.556. The highest BCUT2D eigenvalue weighted by atomic mass is 79.9. The Bertz CT molecular complexity index is 99.2. The van der Waals surface area contributed by atoms with Gasteiger partial charge < -0.3 is 0 Å². The van der Waals surface area contributed by atoms with Gasteiger partial charge in [0.2, 0.25) is 0 Å². The van der Waals surface area contributed by atoms with Crippen LogP contribution in [-0.2, 0) is 3.83 Å². The first-order chi connectivity index (χ1) is 3.81. The van der Waals surface area contributed by atoms with Crippen LogP contribution in [0.3, 0.4) is 0 Å². The maximum absolute atomic E-state index is 11.6. The van der Waals surface area contributed by atoms with E-state index in [9.17, 15) is 17.6 Å². The van der Waals surface area contributed by atoms with Crippen LogP contribution in [0.15, 0.2) is 0 Å². The van der Waals surface area contributed by atoms with Crippen LogP contribution in [0.4, 0.5) is 17.6 Å². The van der Waals surface area contributed by atoms with Gasteiger partial charge in [-0.2, -0.15) is 17.6 Å². The number of rotatable bonds is 2. The highest BCUT2D eigenvalue weighted by molar-refractivity contribution is 9.10. The van der Waals surface area contributed by atoms with Crippen molar-refractivity contribution < 1.29 is 21.4 Å². The van der Waals surface area contributed by atoms with E-state index in [1.165, 1.54) is 15.9 Å². The Morgan fingerprint density at radius 3 is 1.44 bits per heavy atom. The summed E-state index contributed by atoms with van der Waals surface area (Å²) >= 11 is 3.17. The lowest BCUT2D eigenvalue weighted by atomic mass is 10.7. The van der Waals surface area contributed by atoms with Crippen LogP contribution in [0.25, 0.3) is 0 Å². The molecule has 0 unspecified atom stereocenters. The zero-order valence-corrected chi connectivity index (χ0v) is 6.85. The molecular formula is C2Br2F4O. The van der Waals surface area contributed by atoms with E-state index < -0.39 is 10.9 Å². The Balaban J connectivity index is 4.14. The van der Waals surface area contributed by atoms with Crippen LogP contribution in [-0.4, -0.2) is 10.9 Å². The Morgan fingerprint density at radius 2 is 1.44 bits per heavy atom. The average Bonchev–Trinajstić information content (AvgIpc) is 1.64. The molecule has 0 aliphatic carbocycles. The molecule has 0 radical (unpaired) electrons. The van der Waals surface area contributed by atoms with E-state index >= 15 is 0 Å². The largest absolute Gasteiger partial charge is 0.440 e. The maximum Gasteiger partial charge on any atom is 0.440 e. The van der Waals surface area contributed by atoms with Gasteiger partial charge in [-0.15, -0.1) is 0 Å². The highest BCUT2D eigenvalue weighted by Crippen LogP contribution is 2.41. The first kappa shape index (κ1) is 9.64. The number of hydrogen-bond acceptors (Lipinski definition) is 1. The molecule has 0 saturated heterocycles. The SMILES string of the molecule is FC(F)(Br)C(F)(F)OBr. The van der Waals surface area contributed by atoms with Crippen molar-refractivity contribution in [1.82, 2.24) is 0 Å². The Labute approximate surface area is 64.9 Å². The van der Waals surface area contributed by atoms with Crippen molar-refractivity contribution in [3.8, 4) is 0 Å². The third-order valence-electron chi connectivity index (χ3n) is 0.427.